The van der Waals surface area contributed by atoms with Crippen LogP contribution in [0.2, 0.25) is 0 Å². The molecule has 2 rings (SSSR count). The van der Waals surface area contributed by atoms with Crippen LogP contribution in [-0.4, -0.2) is 36.6 Å². The van der Waals surface area contributed by atoms with Crippen molar-refractivity contribution in [3.63, 3.8) is 0 Å². The summed E-state index contributed by atoms with van der Waals surface area (Å²) in [5, 5.41) is 3.74. The van der Waals surface area contributed by atoms with Crippen LogP contribution in [0, 0.1) is 5.92 Å². The van der Waals surface area contributed by atoms with Crippen molar-refractivity contribution in [2.24, 2.45) is 5.92 Å². The fraction of sp³-hybridized carbons (Fsp3) is 1.00. The Hall–Kier alpha value is -0.0800. The van der Waals surface area contributed by atoms with Gasteiger partial charge in [0.1, 0.15) is 0 Å². The maximum atomic E-state index is 3.74. The lowest BCUT2D eigenvalue weighted by molar-refractivity contribution is 0.122. The molecule has 14 heavy (non-hydrogen) atoms. The van der Waals surface area contributed by atoms with Crippen LogP contribution in [-0.2, 0) is 0 Å². The van der Waals surface area contributed by atoms with E-state index < -0.39 is 0 Å². The fourth-order valence-electron chi connectivity index (χ4n) is 2.70. The first-order valence-electron chi connectivity index (χ1n) is 6.32. The molecule has 2 atom stereocenters. The molecule has 82 valence electrons. The van der Waals surface area contributed by atoms with E-state index in [1.54, 1.807) is 0 Å². The first-order valence-corrected chi connectivity index (χ1v) is 6.32. The van der Waals surface area contributed by atoms with E-state index in [0.717, 1.165) is 18.0 Å². The number of piperazine rings is 1. The molecule has 2 unspecified atom stereocenters. The molecule has 0 bridgehead atoms. The predicted molar refractivity (Wildman–Crippen MR) is 60.5 cm³/mol. The Morgan fingerprint density at radius 1 is 1.29 bits per heavy atom. The molecule has 1 saturated heterocycles. The van der Waals surface area contributed by atoms with E-state index in [1.807, 2.05) is 0 Å². The Morgan fingerprint density at radius 3 is 2.64 bits per heavy atom. The molecular weight excluding hydrogens is 172 g/mol. The zero-order chi connectivity index (χ0) is 9.97. The summed E-state index contributed by atoms with van der Waals surface area (Å²) < 4.78 is 0. The molecule has 1 N–H and O–H groups in total. The van der Waals surface area contributed by atoms with Crippen LogP contribution in [0.1, 0.15) is 39.5 Å². The second-order valence-corrected chi connectivity index (χ2v) is 4.88. The van der Waals surface area contributed by atoms with E-state index in [0.29, 0.717) is 0 Å². The molecule has 1 aliphatic heterocycles. The van der Waals surface area contributed by atoms with Gasteiger partial charge in [0, 0.05) is 25.2 Å². The summed E-state index contributed by atoms with van der Waals surface area (Å²) in [4.78, 5) is 2.68. The Balaban J connectivity index is 1.85. The average Bonchev–Trinajstić information content (AvgIpc) is 3.02. The molecular formula is C12H24N2. The number of likely N-dealkylation sites (N-methyl/N-ethyl adjacent to an activating group) is 1. The standard InChI is InChI=1S/C12H24N2/c1-3-5-11-8-13-12(10-6-7-10)9-14(11)4-2/h10-13H,3-9H2,1-2H3. The molecule has 2 nitrogen and oxygen atoms in total. The molecule has 1 heterocycles. The van der Waals surface area contributed by atoms with Gasteiger partial charge in [-0.1, -0.05) is 20.3 Å². The van der Waals surface area contributed by atoms with Crippen molar-refractivity contribution in [3.05, 3.63) is 0 Å². The maximum Gasteiger partial charge on any atom is 0.0224 e. The normalized spacial score (nSPS) is 34.7. The van der Waals surface area contributed by atoms with Crippen molar-refractivity contribution >= 4 is 0 Å². The Kier molecular flexibility index (Phi) is 3.45. The lowest BCUT2D eigenvalue weighted by atomic mass is 10.0. The summed E-state index contributed by atoms with van der Waals surface area (Å²) in [5.41, 5.74) is 0. The second kappa shape index (κ2) is 4.63. The van der Waals surface area contributed by atoms with Gasteiger partial charge in [-0.2, -0.15) is 0 Å². The first kappa shape index (κ1) is 10.4. The number of hydrogen-bond acceptors (Lipinski definition) is 2. The van der Waals surface area contributed by atoms with E-state index in [-0.39, 0.29) is 0 Å². The Morgan fingerprint density at radius 2 is 2.07 bits per heavy atom. The molecule has 0 aromatic rings. The molecule has 2 heteroatoms. The van der Waals surface area contributed by atoms with Gasteiger partial charge in [-0.15, -0.1) is 0 Å². The summed E-state index contributed by atoms with van der Waals surface area (Å²) >= 11 is 0. The third-order valence-corrected chi connectivity index (χ3v) is 3.78. The Bertz CT molecular complexity index is 177. The largest absolute Gasteiger partial charge is 0.311 e. The van der Waals surface area contributed by atoms with Crippen LogP contribution in [0.25, 0.3) is 0 Å². The van der Waals surface area contributed by atoms with Gasteiger partial charge in [0.2, 0.25) is 0 Å². The molecule has 2 fully saturated rings. The van der Waals surface area contributed by atoms with Gasteiger partial charge in [-0.3, -0.25) is 4.90 Å². The molecule has 1 saturated carbocycles. The minimum Gasteiger partial charge on any atom is -0.311 e. The van der Waals surface area contributed by atoms with E-state index in [1.165, 1.54) is 45.3 Å². The first-order chi connectivity index (χ1) is 6.85. The number of nitrogens with one attached hydrogen (secondary N) is 1. The van der Waals surface area contributed by atoms with Crippen LogP contribution in [0.4, 0.5) is 0 Å². The fourth-order valence-corrected chi connectivity index (χ4v) is 2.70. The molecule has 0 spiro atoms. The lowest BCUT2D eigenvalue weighted by Crippen LogP contribution is -2.56. The minimum atomic E-state index is 0.806. The van der Waals surface area contributed by atoms with Crippen molar-refractivity contribution < 1.29 is 0 Å². The molecule has 0 radical (unpaired) electrons. The molecule has 0 amide bonds. The predicted octanol–water partition coefficient (Wildman–Crippen LogP) is 1.86. The van der Waals surface area contributed by atoms with Crippen molar-refractivity contribution in [1.82, 2.24) is 10.2 Å². The van der Waals surface area contributed by atoms with Crippen molar-refractivity contribution in [2.75, 3.05) is 19.6 Å². The summed E-state index contributed by atoms with van der Waals surface area (Å²) in [7, 11) is 0. The molecule has 1 aliphatic carbocycles. The van der Waals surface area contributed by atoms with E-state index in [2.05, 4.69) is 24.1 Å². The van der Waals surface area contributed by atoms with Gasteiger partial charge in [0.25, 0.3) is 0 Å². The summed E-state index contributed by atoms with van der Waals surface area (Å²) in [6.45, 7) is 8.35. The smallest absolute Gasteiger partial charge is 0.0224 e. The average molecular weight is 196 g/mol. The topological polar surface area (TPSA) is 15.3 Å². The van der Waals surface area contributed by atoms with Crippen molar-refractivity contribution in [3.8, 4) is 0 Å². The SMILES string of the molecule is CCCC1CNC(C2CC2)CN1CC. The van der Waals surface area contributed by atoms with Gasteiger partial charge in [-0.25, -0.2) is 0 Å². The minimum absolute atomic E-state index is 0.806. The second-order valence-electron chi connectivity index (χ2n) is 4.88. The van der Waals surface area contributed by atoms with Gasteiger partial charge < -0.3 is 5.32 Å². The van der Waals surface area contributed by atoms with Crippen molar-refractivity contribution in [1.29, 1.82) is 0 Å². The van der Waals surface area contributed by atoms with Crippen LogP contribution >= 0.6 is 0 Å². The lowest BCUT2D eigenvalue weighted by Gasteiger charge is -2.40. The van der Waals surface area contributed by atoms with Crippen LogP contribution in [0.15, 0.2) is 0 Å². The zero-order valence-corrected chi connectivity index (χ0v) is 9.63. The highest BCUT2D eigenvalue weighted by Crippen LogP contribution is 2.34. The van der Waals surface area contributed by atoms with Crippen LogP contribution in [0.5, 0.6) is 0 Å². The number of rotatable bonds is 4. The molecule has 0 aromatic heterocycles. The van der Waals surface area contributed by atoms with E-state index in [4.69, 9.17) is 0 Å². The van der Waals surface area contributed by atoms with Gasteiger partial charge in [0.05, 0.1) is 0 Å². The van der Waals surface area contributed by atoms with Gasteiger partial charge in [0.15, 0.2) is 0 Å². The summed E-state index contributed by atoms with van der Waals surface area (Å²) in [6, 6.07) is 1.61. The summed E-state index contributed by atoms with van der Waals surface area (Å²) in [5.74, 6) is 1.01. The maximum absolute atomic E-state index is 3.74. The van der Waals surface area contributed by atoms with E-state index in [9.17, 15) is 0 Å². The van der Waals surface area contributed by atoms with Crippen molar-refractivity contribution in [2.45, 2.75) is 51.6 Å². The monoisotopic (exact) mass is 196 g/mol. The molecule has 0 aromatic carbocycles. The zero-order valence-electron chi connectivity index (χ0n) is 9.63. The van der Waals surface area contributed by atoms with Crippen LogP contribution < -0.4 is 5.32 Å². The van der Waals surface area contributed by atoms with Gasteiger partial charge in [-0.05, 0) is 31.7 Å². The van der Waals surface area contributed by atoms with E-state index >= 15 is 0 Å². The quantitative estimate of drug-likeness (QED) is 0.738. The number of nitrogens with zero attached hydrogens (tertiary/aromatic N) is 1. The Labute approximate surface area is 88.1 Å². The number of hydrogen-bond donors (Lipinski definition) is 1. The third kappa shape index (κ3) is 2.29. The van der Waals surface area contributed by atoms with Crippen LogP contribution in [0.3, 0.4) is 0 Å². The highest BCUT2D eigenvalue weighted by Gasteiger charge is 2.36. The third-order valence-electron chi connectivity index (χ3n) is 3.78. The molecule has 2 aliphatic rings. The van der Waals surface area contributed by atoms with Gasteiger partial charge >= 0.3 is 0 Å². The summed E-state index contributed by atoms with van der Waals surface area (Å²) in [6.07, 6.45) is 5.61. The highest BCUT2D eigenvalue weighted by molar-refractivity contribution is 4.93. The highest BCUT2D eigenvalue weighted by atomic mass is 15.2.